The van der Waals surface area contributed by atoms with E-state index in [1.807, 2.05) is 0 Å². The Hall–Kier alpha value is -4.19. The van der Waals surface area contributed by atoms with E-state index in [1.54, 1.807) is 0 Å². The highest BCUT2D eigenvalue weighted by molar-refractivity contribution is 5.71. The molecule has 0 N–H and O–H groups in total. The number of carbonyl (C=O) groups excluding carboxylic acids is 3. The predicted octanol–water partition coefficient (Wildman–Crippen LogP) is 22.0. The van der Waals surface area contributed by atoms with E-state index in [0.717, 1.165) is 135 Å². The molecule has 0 aromatic rings. The van der Waals surface area contributed by atoms with Crippen molar-refractivity contribution in [2.75, 3.05) is 13.2 Å². The van der Waals surface area contributed by atoms with Crippen LogP contribution in [0.2, 0.25) is 0 Å². The quantitative estimate of drug-likeness (QED) is 0.0261. The lowest BCUT2D eigenvalue weighted by Gasteiger charge is -2.18. The number of hydrogen-bond donors (Lipinski definition) is 0. The molecule has 0 saturated heterocycles. The Bertz CT molecular complexity index is 1600. The number of ether oxygens (including phenoxy) is 3. The molecule has 0 heterocycles. The van der Waals surface area contributed by atoms with Crippen molar-refractivity contribution in [1.82, 2.24) is 0 Å². The molecule has 0 bridgehead atoms. The molecule has 0 spiro atoms. The minimum Gasteiger partial charge on any atom is -0.462 e. The maximum atomic E-state index is 12.9. The van der Waals surface area contributed by atoms with E-state index in [1.165, 1.54) is 116 Å². The van der Waals surface area contributed by atoms with Crippen LogP contribution in [-0.4, -0.2) is 37.2 Å². The van der Waals surface area contributed by atoms with Gasteiger partial charge in [-0.15, -0.1) is 0 Å². The molecule has 0 aromatic heterocycles. The van der Waals surface area contributed by atoms with Crippen LogP contribution in [-0.2, 0) is 28.6 Å². The van der Waals surface area contributed by atoms with Gasteiger partial charge in [0.15, 0.2) is 6.10 Å². The SMILES string of the molecule is CC/C=C\C/C=C\C/C=C\C/C=C\C/C=C\CCCCCC(=O)OC(COC(=O)CCCCCCC/C=C\CCCC)COC(=O)CCCCCCCCCCCCCCCCCC/C=C\C/C=C\C/C=C\C/C=C\CC. The molecule has 0 radical (unpaired) electrons. The van der Waals surface area contributed by atoms with E-state index in [-0.39, 0.29) is 37.5 Å². The van der Waals surface area contributed by atoms with E-state index >= 15 is 0 Å². The van der Waals surface area contributed by atoms with E-state index < -0.39 is 6.10 Å². The van der Waals surface area contributed by atoms with Gasteiger partial charge in [-0.2, -0.15) is 0 Å². The Kier molecular flexibility index (Phi) is 60.8. The van der Waals surface area contributed by atoms with Gasteiger partial charge in [-0.25, -0.2) is 0 Å². The first-order chi connectivity index (χ1) is 38.0. The second-order valence-electron chi connectivity index (χ2n) is 20.9. The lowest BCUT2D eigenvalue weighted by molar-refractivity contribution is -0.167. The lowest BCUT2D eigenvalue weighted by atomic mass is 10.0. The molecule has 77 heavy (non-hydrogen) atoms. The molecular formula is C71H118O6. The maximum Gasteiger partial charge on any atom is 0.306 e. The van der Waals surface area contributed by atoms with Gasteiger partial charge in [0, 0.05) is 19.3 Å². The van der Waals surface area contributed by atoms with Crippen LogP contribution in [0, 0.1) is 0 Å². The summed E-state index contributed by atoms with van der Waals surface area (Å²) in [7, 11) is 0. The molecule has 6 heteroatoms. The zero-order chi connectivity index (χ0) is 55.7. The Balaban J connectivity index is 4.26. The van der Waals surface area contributed by atoms with Crippen LogP contribution in [0.4, 0.5) is 0 Å². The fourth-order valence-electron chi connectivity index (χ4n) is 8.68. The van der Waals surface area contributed by atoms with Gasteiger partial charge in [0.2, 0.25) is 0 Å². The summed E-state index contributed by atoms with van der Waals surface area (Å²) in [6.07, 6.45) is 89.3. The molecule has 0 aliphatic rings. The average Bonchev–Trinajstić information content (AvgIpc) is 3.43. The lowest BCUT2D eigenvalue weighted by Crippen LogP contribution is -2.30. The van der Waals surface area contributed by atoms with Crippen LogP contribution < -0.4 is 0 Å². The third-order valence-electron chi connectivity index (χ3n) is 13.4. The monoisotopic (exact) mass is 1070 g/mol. The molecule has 1 atom stereocenters. The summed E-state index contributed by atoms with van der Waals surface area (Å²) < 4.78 is 16.9. The van der Waals surface area contributed by atoms with Crippen molar-refractivity contribution in [2.45, 2.75) is 297 Å². The Morgan fingerprint density at radius 2 is 0.506 bits per heavy atom. The normalized spacial score (nSPS) is 12.9. The van der Waals surface area contributed by atoms with Crippen LogP contribution in [0.25, 0.3) is 0 Å². The zero-order valence-electron chi connectivity index (χ0n) is 50.2. The second-order valence-corrected chi connectivity index (χ2v) is 20.9. The maximum absolute atomic E-state index is 12.9. The topological polar surface area (TPSA) is 78.9 Å². The minimum atomic E-state index is -0.801. The van der Waals surface area contributed by atoms with Gasteiger partial charge in [0.05, 0.1) is 0 Å². The highest BCUT2D eigenvalue weighted by Crippen LogP contribution is 2.16. The van der Waals surface area contributed by atoms with Crippen LogP contribution in [0.5, 0.6) is 0 Å². The van der Waals surface area contributed by atoms with Crippen LogP contribution >= 0.6 is 0 Å². The number of allylic oxidation sites excluding steroid dienone is 20. The number of rotatable bonds is 57. The van der Waals surface area contributed by atoms with Gasteiger partial charge < -0.3 is 14.2 Å². The number of carbonyl (C=O) groups is 3. The Morgan fingerprint density at radius 1 is 0.273 bits per heavy atom. The van der Waals surface area contributed by atoms with Gasteiger partial charge in [0.25, 0.3) is 0 Å². The summed E-state index contributed by atoms with van der Waals surface area (Å²) >= 11 is 0. The molecule has 0 saturated carbocycles. The third-order valence-corrected chi connectivity index (χ3v) is 13.4. The molecule has 0 rings (SSSR count). The molecule has 0 amide bonds. The molecule has 438 valence electrons. The van der Waals surface area contributed by atoms with Gasteiger partial charge in [-0.3, -0.25) is 14.4 Å². The summed E-state index contributed by atoms with van der Waals surface area (Å²) in [6.45, 7) is 6.35. The standard InChI is InChI=1S/C71H118O6/c1-4-7-10-13-16-19-22-24-26-28-30-31-32-33-34-35-36-37-38-39-41-42-44-46-49-52-55-58-61-64-70(73)76-67-68(66-75-69(72)63-60-57-54-51-48-21-18-15-12-9-6-3)77-71(74)65-62-59-56-53-50-47-45-43-40-29-27-25-23-20-17-14-11-8-5-2/h7-8,10-11,15-20,24-27,30-31,40,43,47,50,68H,4-6,9,12-14,21-23,28-29,32-39,41-42,44-46,48-49,51-67H2,1-3H3/b10-7-,11-8-,18-15-,19-16-,20-17-,26-24-,27-25-,31-30-,43-40-,50-47-. The number of hydrogen-bond acceptors (Lipinski definition) is 6. The smallest absolute Gasteiger partial charge is 0.306 e. The summed E-state index contributed by atoms with van der Waals surface area (Å²) in [4.78, 5) is 38.2. The van der Waals surface area contributed by atoms with Crippen molar-refractivity contribution in [2.24, 2.45) is 0 Å². The van der Waals surface area contributed by atoms with Crippen molar-refractivity contribution < 1.29 is 28.6 Å². The minimum absolute atomic E-state index is 0.0947. The van der Waals surface area contributed by atoms with E-state index in [4.69, 9.17) is 14.2 Å². The second kappa shape index (κ2) is 64.3. The summed E-state index contributed by atoms with van der Waals surface area (Å²) in [6, 6.07) is 0. The fraction of sp³-hybridized carbons (Fsp3) is 0.676. The predicted molar refractivity (Wildman–Crippen MR) is 334 cm³/mol. The molecule has 0 aliphatic carbocycles. The third kappa shape index (κ3) is 62.5. The van der Waals surface area contributed by atoms with Crippen LogP contribution in [0.15, 0.2) is 122 Å². The van der Waals surface area contributed by atoms with Crippen molar-refractivity contribution >= 4 is 17.9 Å². The van der Waals surface area contributed by atoms with Crippen LogP contribution in [0.3, 0.4) is 0 Å². The first kappa shape index (κ1) is 72.8. The summed E-state index contributed by atoms with van der Waals surface area (Å²) in [5, 5.41) is 0. The van der Waals surface area contributed by atoms with Crippen molar-refractivity contribution in [3.8, 4) is 0 Å². The highest BCUT2D eigenvalue weighted by Gasteiger charge is 2.19. The first-order valence-corrected chi connectivity index (χ1v) is 32.0. The van der Waals surface area contributed by atoms with E-state index in [2.05, 4.69) is 142 Å². The zero-order valence-corrected chi connectivity index (χ0v) is 50.2. The molecule has 1 unspecified atom stereocenters. The van der Waals surface area contributed by atoms with Crippen molar-refractivity contribution in [1.29, 1.82) is 0 Å². The van der Waals surface area contributed by atoms with Gasteiger partial charge in [-0.1, -0.05) is 271 Å². The van der Waals surface area contributed by atoms with E-state index in [9.17, 15) is 14.4 Å². The Labute approximate surface area is 475 Å². The summed E-state index contributed by atoms with van der Waals surface area (Å²) in [5.74, 6) is -0.933. The summed E-state index contributed by atoms with van der Waals surface area (Å²) in [5.41, 5.74) is 0. The first-order valence-electron chi connectivity index (χ1n) is 32.0. The molecule has 0 aliphatic heterocycles. The molecule has 0 aromatic carbocycles. The van der Waals surface area contributed by atoms with Crippen LogP contribution in [0.1, 0.15) is 290 Å². The van der Waals surface area contributed by atoms with Gasteiger partial charge in [0.1, 0.15) is 13.2 Å². The molecule has 0 fully saturated rings. The largest absolute Gasteiger partial charge is 0.462 e. The number of esters is 3. The average molecular weight is 1070 g/mol. The Morgan fingerprint density at radius 3 is 0.818 bits per heavy atom. The van der Waals surface area contributed by atoms with E-state index in [0.29, 0.717) is 12.8 Å². The number of unbranched alkanes of at least 4 members (excludes halogenated alkanes) is 26. The van der Waals surface area contributed by atoms with Gasteiger partial charge in [-0.05, 0) is 122 Å². The van der Waals surface area contributed by atoms with Crippen molar-refractivity contribution in [3.63, 3.8) is 0 Å². The molecule has 6 nitrogen and oxygen atoms in total. The fourth-order valence-corrected chi connectivity index (χ4v) is 8.68. The molecular weight excluding hydrogens is 949 g/mol. The highest BCUT2D eigenvalue weighted by atomic mass is 16.6. The van der Waals surface area contributed by atoms with Crippen molar-refractivity contribution in [3.05, 3.63) is 122 Å². The van der Waals surface area contributed by atoms with Gasteiger partial charge >= 0.3 is 17.9 Å².